The van der Waals surface area contributed by atoms with E-state index in [0.717, 1.165) is 158 Å². The fraction of sp³-hybridized carbons (Fsp3) is 0.381. The smallest absolute Gasteiger partial charge is 0.411 e. The summed E-state index contributed by atoms with van der Waals surface area (Å²) in [5.74, 6) is 3.61. The first-order chi connectivity index (χ1) is 66.5. The summed E-state index contributed by atoms with van der Waals surface area (Å²) >= 11 is 0. The average Bonchev–Trinajstić information content (AvgIpc) is 1.61. The van der Waals surface area contributed by atoms with Gasteiger partial charge in [-0.05, 0) is 300 Å². The van der Waals surface area contributed by atoms with Gasteiger partial charge < -0.3 is 63.3 Å². The Hall–Kier alpha value is -13.5. The minimum atomic E-state index is -0.547. The van der Waals surface area contributed by atoms with E-state index in [2.05, 4.69) is 150 Å². The fourth-order valence-electron chi connectivity index (χ4n) is 16.7. The summed E-state index contributed by atoms with van der Waals surface area (Å²) in [5.41, 5.74) is 6.65. The van der Waals surface area contributed by atoms with Gasteiger partial charge in [0, 0.05) is 70.2 Å². The Morgan fingerprint density at radius 3 is 0.993 bits per heavy atom. The molecule has 3 atom stereocenters. The molecule has 21 nitrogen and oxygen atoms in total. The van der Waals surface area contributed by atoms with Crippen molar-refractivity contribution in [3.63, 3.8) is 0 Å². The molecule has 0 spiro atoms. The first-order valence-corrected chi connectivity index (χ1v) is 49.1. The number of carbonyl (C=O) groups excluding carboxylic acids is 5. The number of hydrogen-bond acceptors (Lipinski definition) is 16. The number of carbonyl (C=O) groups is 5. The van der Waals surface area contributed by atoms with Crippen LogP contribution in [0.1, 0.15) is 231 Å². The van der Waals surface area contributed by atoms with Crippen LogP contribution in [-0.2, 0) is 56.6 Å². The van der Waals surface area contributed by atoms with Gasteiger partial charge in [0.25, 0.3) is 0 Å². The van der Waals surface area contributed by atoms with E-state index in [0.29, 0.717) is 45.3 Å². The van der Waals surface area contributed by atoms with E-state index in [4.69, 9.17) is 37.9 Å². The summed E-state index contributed by atoms with van der Waals surface area (Å²) in [6, 6.07) is 93.2. The minimum Gasteiger partial charge on any atom is -0.507 e. The monoisotopic (exact) mass is 1880 g/mol. The molecule has 0 aliphatic heterocycles. The van der Waals surface area contributed by atoms with Gasteiger partial charge in [0.1, 0.15) is 77.6 Å². The molecule has 21 heteroatoms. The Labute approximate surface area is 819 Å². The Morgan fingerprint density at radius 2 is 0.640 bits per heavy atom. The maximum absolute atomic E-state index is 13.0. The molecule has 0 radical (unpaired) electrons. The second-order valence-electron chi connectivity index (χ2n) is 40.8. The third-order valence-corrected chi connectivity index (χ3v) is 24.3. The van der Waals surface area contributed by atoms with Gasteiger partial charge in [-0.25, -0.2) is 24.0 Å². The molecular formula is C118H138N6O15. The SMILES string of the molecule is CC(C)(C)OC(=O)N(Cc1cc(OCc2ccccc2)c2ccccc2c1)C1CC1.CC(c1cc(O)c2ccccc2c1)N(C(=O)OC(C)(C)C)C1CC1.CC(c1cc(OCc2ccccc2)c2ccccc2c1)N(C(=O)OC(C)(C)C)C1CC1.COC(=O)NCCOc1cc(C(C)N(C(=O)OC(C)(C)C)C2CC2)cc2ccccc12.c1ccc(COc2cc(CNC3CC3)cc3ccccc23)cc1. The summed E-state index contributed by atoms with van der Waals surface area (Å²) in [5, 5.41) is 27.1. The van der Waals surface area contributed by atoms with Crippen LogP contribution in [0.5, 0.6) is 28.7 Å². The molecule has 13 aromatic rings. The third kappa shape index (κ3) is 30.0. The molecule has 18 rings (SSSR count). The van der Waals surface area contributed by atoms with Crippen LogP contribution >= 0.6 is 0 Å². The summed E-state index contributed by atoms with van der Waals surface area (Å²) in [6.07, 6.45) is 9.14. The van der Waals surface area contributed by atoms with Gasteiger partial charge in [-0.2, -0.15) is 0 Å². The van der Waals surface area contributed by atoms with Crippen molar-refractivity contribution >= 4 is 84.3 Å². The van der Waals surface area contributed by atoms with E-state index in [9.17, 15) is 29.1 Å². The topological polar surface area (TPSA) is 226 Å². The molecule has 13 aromatic carbocycles. The standard InChI is InChI=1S/C27H31NO3.C26H29NO3.C24H32N2O5.C21H21NO.C20H25NO3/c1-19(28(23-14-15-23)26(29)31-27(2,3)4)22-16-21-12-8-9-13-24(21)25(17-22)30-18-20-10-6-5-7-11-20;1-26(2,3)30-25(28)27(22-13-14-22)17-20-15-21-11-7-8-12-23(21)24(16-20)29-18-19-9-5-4-6-10-19;1-16(26(19-10-11-19)23(28)31-24(2,3)4)18-14-17-8-6-7-9-20(17)21(15-18)30-13-12-25-22(27)29-5;1-2-6-16(7-3-1)15-23-21-13-17(14-22-19-10-11-19)12-18-8-4-5-9-20(18)21;1-13(21(16-9-10-16)19(23)24-20(2,3)4)15-11-14-7-5-6-8-17(14)18(22)12-15/h5-13,16-17,19,23H,14-15,18H2,1-4H3;4-12,15-16,22H,13-14,17-18H2,1-3H3;6-9,14-16,19H,10-13H2,1-5H3,(H,25,27);1-9,12-13,19,22H,10-11,14-15H2;5-8,11-13,16,22H,9-10H2,1-4H3. The van der Waals surface area contributed by atoms with Crippen LogP contribution in [0.15, 0.2) is 273 Å². The number of ether oxygens (including phenoxy) is 9. The van der Waals surface area contributed by atoms with E-state index in [1.54, 1.807) is 6.07 Å². The lowest BCUT2D eigenvalue weighted by Crippen LogP contribution is -2.39. The van der Waals surface area contributed by atoms with Crippen LogP contribution in [0.25, 0.3) is 53.9 Å². The van der Waals surface area contributed by atoms with Crippen LogP contribution < -0.4 is 29.6 Å². The van der Waals surface area contributed by atoms with E-state index in [1.807, 2.05) is 256 Å². The number of phenols is 1. The average molecular weight is 1880 g/mol. The van der Waals surface area contributed by atoms with Crippen LogP contribution in [0.2, 0.25) is 0 Å². The van der Waals surface area contributed by atoms with Crippen LogP contribution in [0.3, 0.4) is 0 Å². The van der Waals surface area contributed by atoms with E-state index >= 15 is 0 Å². The molecule has 3 N–H and O–H groups in total. The number of phenolic OH excluding ortho intramolecular Hbond substituents is 1. The Bertz CT molecular complexity index is 6330. The predicted molar refractivity (Wildman–Crippen MR) is 553 cm³/mol. The van der Waals surface area contributed by atoms with Gasteiger partial charge in [-0.3, -0.25) is 14.7 Å². The van der Waals surface area contributed by atoms with Crippen molar-refractivity contribution in [1.29, 1.82) is 0 Å². The van der Waals surface area contributed by atoms with Crippen molar-refractivity contribution in [2.24, 2.45) is 0 Å². The van der Waals surface area contributed by atoms with Crippen molar-refractivity contribution in [3.05, 3.63) is 317 Å². The van der Waals surface area contributed by atoms with E-state index in [1.165, 1.54) is 41.9 Å². The Kier molecular flexibility index (Phi) is 33.4. The lowest BCUT2D eigenvalue weighted by molar-refractivity contribution is 0.0142. The van der Waals surface area contributed by atoms with Crippen molar-refractivity contribution in [1.82, 2.24) is 30.2 Å². The molecule has 5 fully saturated rings. The third-order valence-electron chi connectivity index (χ3n) is 24.3. The molecule has 0 aromatic heterocycles. The Balaban J connectivity index is 0.000000139. The maximum Gasteiger partial charge on any atom is 0.411 e. The number of fused-ring (bicyclic) bond motifs is 5. The zero-order valence-electron chi connectivity index (χ0n) is 83.6. The first-order valence-electron chi connectivity index (χ1n) is 49.1. The first kappa shape index (κ1) is 101. The number of aromatic hydroxyl groups is 1. The molecule has 3 unspecified atom stereocenters. The van der Waals surface area contributed by atoms with Gasteiger partial charge >= 0.3 is 30.5 Å². The predicted octanol–water partition coefficient (Wildman–Crippen LogP) is 27.9. The maximum atomic E-state index is 13.0. The quantitative estimate of drug-likeness (QED) is 0.0306. The molecule has 139 heavy (non-hydrogen) atoms. The van der Waals surface area contributed by atoms with Crippen molar-refractivity contribution in [3.8, 4) is 28.7 Å². The number of nitrogens with zero attached hydrogens (tertiary/aromatic N) is 4. The zero-order valence-corrected chi connectivity index (χ0v) is 83.6. The number of benzene rings is 13. The number of amides is 5. The molecule has 730 valence electrons. The molecule has 5 aliphatic rings. The largest absolute Gasteiger partial charge is 0.507 e. The summed E-state index contributed by atoms with van der Waals surface area (Å²) in [6.45, 7) is 32.5. The normalized spacial score (nSPS) is 14.6. The van der Waals surface area contributed by atoms with Gasteiger partial charge in [0.05, 0.1) is 31.8 Å². The lowest BCUT2D eigenvalue weighted by Gasteiger charge is -2.32. The highest BCUT2D eigenvalue weighted by atomic mass is 16.6. The number of methoxy groups -OCH3 is 1. The number of nitrogens with one attached hydrogen (secondary N) is 2. The van der Waals surface area contributed by atoms with Crippen LogP contribution in [0.4, 0.5) is 24.0 Å². The number of alkyl carbamates (subject to hydrolysis) is 1. The minimum absolute atomic E-state index is 0.106. The van der Waals surface area contributed by atoms with E-state index < -0.39 is 28.5 Å². The zero-order chi connectivity index (χ0) is 98.7. The van der Waals surface area contributed by atoms with Crippen LogP contribution in [0, 0.1) is 0 Å². The summed E-state index contributed by atoms with van der Waals surface area (Å²) in [7, 11) is 1.32. The highest BCUT2D eigenvalue weighted by Crippen LogP contribution is 2.44. The van der Waals surface area contributed by atoms with Gasteiger partial charge in [-0.1, -0.05) is 212 Å². The van der Waals surface area contributed by atoms with Gasteiger partial charge in [-0.15, -0.1) is 0 Å². The molecule has 5 saturated carbocycles. The molecule has 0 bridgehead atoms. The summed E-state index contributed by atoms with van der Waals surface area (Å²) < 4.78 is 51.8. The lowest BCUT2D eigenvalue weighted by atomic mass is 10.0. The van der Waals surface area contributed by atoms with Gasteiger partial charge in [0.15, 0.2) is 0 Å². The van der Waals surface area contributed by atoms with Crippen molar-refractivity contribution < 1.29 is 71.7 Å². The number of rotatable bonds is 28. The second-order valence-corrected chi connectivity index (χ2v) is 40.8. The summed E-state index contributed by atoms with van der Waals surface area (Å²) in [4.78, 5) is 70.0. The van der Waals surface area contributed by atoms with Crippen molar-refractivity contribution in [2.45, 2.75) is 272 Å². The van der Waals surface area contributed by atoms with Crippen LogP contribution in [-0.4, -0.2) is 128 Å². The molecule has 0 saturated heterocycles. The highest BCUT2D eigenvalue weighted by Gasteiger charge is 2.43. The molecule has 5 aliphatic carbocycles. The van der Waals surface area contributed by atoms with E-state index in [-0.39, 0.29) is 72.4 Å². The van der Waals surface area contributed by atoms with Gasteiger partial charge in [0.2, 0.25) is 0 Å². The molecule has 0 heterocycles. The van der Waals surface area contributed by atoms with Crippen molar-refractivity contribution in [2.75, 3.05) is 20.3 Å². The molecule has 5 amide bonds. The number of hydrogen-bond donors (Lipinski definition) is 3. The Morgan fingerprint density at radius 1 is 0.338 bits per heavy atom. The fourth-order valence-corrected chi connectivity index (χ4v) is 16.7. The second kappa shape index (κ2) is 45.8. The highest BCUT2D eigenvalue weighted by molar-refractivity contribution is 5.93. The molecular weight excluding hydrogens is 1740 g/mol.